The van der Waals surface area contributed by atoms with Gasteiger partial charge in [-0.2, -0.15) is 0 Å². The molecule has 0 aromatic heterocycles. The molecule has 0 amide bonds. The van der Waals surface area contributed by atoms with Crippen LogP contribution in [0, 0.1) is 0 Å². The van der Waals surface area contributed by atoms with E-state index in [1.165, 1.54) is 0 Å². The summed E-state index contributed by atoms with van der Waals surface area (Å²) in [6, 6.07) is -0.766. The Labute approximate surface area is 160 Å². The van der Waals surface area contributed by atoms with Crippen LogP contribution in [0.1, 0.15) is 6.92 Å². The van der Waals surface area contributed by atoms with Crippen molar-refractivity contribution >= 4 is 12.3 Å². The summed E-state index contributed by atoms with van der Waals surface area (Å²) < 4.78 is 21.2. The highest BCUT2D eigenvalue weighted by Crippen LogP contribution is 2.29. The van der Waals surface area contributed by atoms with Crippen molar-refractivity contribution < 1.29 is 54.1 Å². The van der Waals surface area contributed by atoms with Crippen LogP contribution in [0.3, 0.4) is 0 Å². The lowest BCUT2D eigenvalue weighted by Gasteiger charge is -2.47. The quantitative estimate of drug-likeness (QED) is 0.241. The molecule has 162 valence electrons. The van der Waals surface area contributed by atoms with E-state index in [4.69, 9.17) is 18.9 Å². The van der Waals surface area contributed by atoms with Crippen LogP contribution in [0.5, 0.6) is 0 Å². The van der Waals surface area contributed by atoms with Crippen LogP contribution in [-0.2, 0) is 28.5 Å². The second-order valence-corrected chi connectivity index (χ2v) is 6.68. The Bertz CT molecular complexity index is 535. The largest absolute Gasteiger partial charge is 0.547 e. The lowest BCUT2D eigenvalue weighted by molar-refractivity contribution is -0.361. The van der Waals surface area contributed by atoms with Gasteiger partial charge in [0.25, 0.3) is 0 Å². The van der Waals surface area contributed by atoms with Crippen LogP contribution in [0.15, 0.2) is 0 Å². The van der Waals surface area contributed by atoms with E-state index in [0.29, 0.717) is 6.29 Å². The fourth-order valence-corrected chi connectivity index (χ4v) is 3.47. The zero-order chi connectivity index (χ0) is 21.0. The van der Waals surface area contributed by atoms with Gasteiger partial charge in [-0.15, -0.1) is 0 Å². The van der Waals surface area contributed by atoms with Crippen LogP contribution in [0.4, 0.5) is 0 Å². The molecule has 2 rings (SSSR count). The van der Waals surface area contributed by atoms with Crippen LogP contribution in [0.25, 0.3) is 0 Å². The smallest absolute Gasteiger partial charge is 0.187 e. The maximum Gasteiger partial charge on any atom is 0.187 e. The Balaban J connectivity index is 2.24. The monoisotopic (exact) mass is 408 g/mol. The molecule has 0 aromatic carbocycles. The first-order chi connectivity index (χ1) is 13.3. The zero-order valence-corrected chi connectivity index (χ0v) is 15.4. The molecule has 2 saturated heterocycles. The van der Waals surface area contributed by atoms with E-state index in [9.17, 15) is 35.1 Å². The number of hydrogen-bond donors (Lipinski definition) is 5. The fraction of sp³-hybridized carbons (Fsp3) is 0.875. The van der Waals surface area contributed by atoms with Gasteiger partial charge in [0.2, 0.25) is 0 Å². The van der Waals surface area contributed by atoms with Gasteiger partial charge in [-0.05, 0) is 6.92 Å². The number of methoxy groups -OCH3 is 1. The molecule has 5 N–H and O–H groups in total. The Morgan fingerprint density at radius 1 is 1.18 bits per heavy atom. The van der Waals surface area contributed by atoms with Crippen LogP contribution in [0.2, 0.25) is 0 Å². The molecular formula is C16H26NO11-. The summed E-state index contributed by atoms with van der Waals surface area (Å²) >= 11 is 0. The van der Waals surface area contributed by atoms with Gasteiger partial charge < -0.3 is 59.4 Å². The predicted molar refractivity (Wildman–Crippen MR) is 86.6 cm³/mol. The number of rotatable bonds is 8. The lowest BCUT2D eigenvalue weighted by atomic mass is 9.92. The minimum atomic E-state index is -1.74. The van der Waals surface area contributed by atoms with Crippen molar-refractivity contribution in [3.05, 3.63) is 0 Å². The summed E-state index contributed by atoms with van der Waals surface area (Å²) in [5, 5.41) is 54.4. The number of ether oxygens (including phenoxy) is 4. The predicted octanol–water partition coefficient (Wildman–Crippen LogP) is -5.12. The van der Waals surface area contributed by atoms with E-state index >= 15 is 0 Å². The highest BCUT2D eigenvalue weighted by Gasteiger charge is 2.50. The van der Waals surface area contributed by atoms with Gasteiger partial charge in [0, 0.05) is 7.11 Å². The minimum absolute atomic E-state index is 0.0984. The number of nitrogens with one attached hydrogen (secondary N) is 1. The minimum Gasteiger partial charge on any atom is -0.547 e. The summed E-state index contributed by atoms with van der Waals surface area (Å²) in [5.74, 6) is -1.68. The summed E-state index contributed by atoms with van der Waals surface area (Å²) in [6.45, 7) is 0.986. The SMILES string of the molecule is COC1C(C(=O)[O-])OC(OC2C(O)C(CO)OC(C)C2NCC=O)C(O)C1O. The molecule has 10 atom stereocenters. The summed E-state index contributed by atoms with van der Waals surface area (Å²) in [4.78, 5) is 22.0. The number of aliphatic hydroxyl groups is 4. The number of hydrogen-bond acceptors (Lipinski definition) is 12. The molecule has 10 unspecified atom stereocenters. The van der Waals surface area contributed by atoms with Crippen molar-refractivity contribution in [2.45, 2.75) is 68.1 Å². The molecule has 2 heterocycles. The van der Waals surface area contributed by atoms with Gasteiger partial charge in [-0.25, -0.2) is 0 Å². The van der Waals surface area contributed by atoms with Crippen LogP contribution < -0.4 is 10.4 Å². The zero-order valence-electron chi connectivity index (χ0n) is 15.4. The van der Waals surface area contributed by atoms with Gasteiger partial charge in [0.15, 0.2) is 6.29 Å². The summed E-state index contributed by atoms with van der Waals surface area (Å²) in [7, 11) is 1.14. The number of aliphatic carboxylic acids is 1. The molecule has 0 saturated carbocycles. The molecule has 0 spiro atoms. The first kappa shape index (κ1) is 23.1. The molecule has 12 heteroatoms. The number of carboxylic acids is 1. The number of aliphatic hydroxyl groups excluding tert-OH is 4. The molecule has 0 bridgehead atoms. The Kier molecular flexibility index (Phi) is 8.24. The molecule has 0 aliphatic carbocycles. The van der Waals surface area contributed by atoms with E-state index < -0.39 is 73.7 Å². The molecular weight excluding hydrogens is 382 g/mol. The molecule has 2 fully saturated rings. The number of carbonyl (C=O) groups excluding carboxylic acids is 2. The van der Waals surface area contributed by atoms with Crippen molar-refractivity contribution in [2.75, 3.05) is 20.3 Å². The Hall–Kier alpha value is -1.22. The molecule has 12 nitrogen and oxygen atoms in total. The normalized spacial score (nSPS) is 44.2. The van der Waals surface area contributed by atoms with Crippen molar-refractivity contribution in [1.82, 2.24) is 5.32 Å². The van der Waals surface area contributed by atoms with Crippen LogP contribution >= 0.6 is 0 Å². The van der Waals surface area contributed by atoms with E-state index in [1.54, 1.807) is 6.92 Å². The number of aldehydes is 1. The maximum atomic E-state index is 11.3. The molecule has 2 aliphatic rings. The van der Waals surface area contributed by atoms with E-state index in [1.807, 2.05) is 0 Å². The highest BCUT2D eigenvalue weighted by molar-refractivity contribution is 5.71. The van der Waals surface area contributed by atoms with Crippen molar-refractivity contribution in [3.8, 4) is 0 Å². The molecule has 0 aromatic rings. The highest BCUT2D eigenvalue weighted by atomic mass is 16.7. The van der Waals surface area contributed by atoms with E-state index in [-0.39, 0.29) is 6.54 Å². The summed E-state index contributed by atoms with van der Waals surface area (Å²) in [5.41, 5.74) is 0. The van der Waals surface area contributed by atoms with Gasteiger partial charge in [-0.3, -0.25) is 0 Å². The first-order valence-electron chi connectivity index (χ1n) is 8.78. The van der Waals surface area contributed by atoms with Crippen molar-refractivity contribution in [3.63, 3.8) is 0 Å². The van der Waals surface area contributed by atoms with Crippen molar-refractivity contribution in [2.24, 2.45) is 0 Å². The molecule has 0 radical (unpaired) electrons. The summed E-state index contributed by atoms with van der Waals surface area (Å²) in [6.07, 6.45) is -11.8. The van der Waals surface area contributed by atoms with Gasteiger partial charge >= 0.3 is 0 Å². The maximum absolute atomic E-state index is 11.3. The van der Waals surface area contributed by atoms with E-state index in [2.05, 4.69) is 5.32 Å². The first-order valence-corrected chi connectivity index (χ1v) is 8.78. The second kappa shape index (κ2) is 10.0. The second-order valence-electron chi connectivity index (χ2n) is 6.68. The third kappa shape index (κ3) is 4.67. The number of carbonyl (C=O) groups is 2. The average Bonchev–Trinajstić information content (AvgIpc) is 2.66. The third-order valence-corrected chi connectivity index (χ3v) is 4.92. The average molecular weight is 408 g/mol. The topological polar surface area (TPSA) is 187 Å². The molecule has 2 aliphatic heterocycles. The van der Waals surface area contributed by atoms with E-state index in [0.717, 1.165) is 7.11 Å². The fourth-order valence-electron chi connectivity index (χ4n) is 3.47. The standard InChI is InChI=1S/C16H27NO11/c1-6-8(17-3-4-18)12(9(20)7(5-19)26-6)27-16-11(22)10(21)13(25-2)14(28-16)15(23)24/h4,6-14,16-17,19-22H,3,5H2,1-2H3,(H,23,24)/p-1. The lowest BCUT2D eigenvalue weighted by Crippen LogP contribution is -2.68. The van der Waals surface area contributed by atoms with Gasteiger partial charge in [0.1, 0.15) is 49.0 Å². The van der Waals surface area contributed by atoms with Crippen molar-refractivity contribution in [1.29, 1.82) is 0 Å². The number of carboxylic acid groups (broad SMARTS) is 1. The Morgan fingerprint density at radius 3 is 2.39 bits per heavy atom. The van der Waals surface area contributed by atoms with Crippen LogP contribution in [-0.4, -0.2) is 114 Å². The third-order valence-electron chi connectivity index (χ3n) is 4.92. The molecule has 28 heavy (non-hydrogen) atoms. The van der Waals surface area contributed by atoms with Gasteiger partial charge in [0.05, 0.1) is 31.3 Å². The van der Waals surface area contributed by atoms with Gasteiger partial charge in [-0.1, -0.05) is 0 Å². The Morgan fingerprint density at radius 2 is 1.86 bits per heavy atom.